The number of fused-ring (bicyclic) bond motifs is 1. The summed E-state index contributed by atoms with van der Waals surface area (Å²) in [6.07, 6.45) is 7.08. The molecule has 22 heavy (non-hydrogen) atoms. The van der Waals surface area contributed by atoms with Gasteiger partial charge in [0.15, 0.2) is 0 Å². The predicted molar refractivity (Wildman–Crippen MR) is 90.6 cm³/mol. The van der Waals surface area contributed by atoms with E-state index in [2.05, 4.69) is 41.0 Å². The first-order valence-corrected chi connectivity index (χ1v) is 9.09. The van der Waals surface area contributed by atoms with Crippen LogP contribution in [0.3, 0.4) is 0 Å². The Bertz CT molecular complexity index is 685. The van der Waals surface area contributed by atoms with Gasteiger partial charge in [-0.25, -0.2) is 0 Å². The Kier molecular flexibility index (Phi) is 3.53. The fourth-order valence-corrected chi connectivity index (χ4v) is 4.66. The van der Waals surface area contributed by atoms with Crippen molar-refractivity contribution in [2.75, 3.05) is 6.54 Å². The van der Waals surface area contributed by atoms with Crippen LogP contribution < -0.4 is 5.32 Å². The topological polar surface area (TPSA) is 29.1 Å². The molecule has 2 aromatic rings. The minimum atomic E-state index is 0.126. The smallest absolute Gasteiger partial charge is 0.252 e. The average Bonchev–Trinajstić information content (AvgIpc) is 3.25. The van der Waals surface area contributed by atoms with Gasteiger partial charge >= 0.3 is 0 Å². The van der Waals surface area contributed by atoms with Crippen LogP contribution >= 0.6 is 11.3 Å². The van der Waals surface area contributed by atoms with Gasteiger partial charge in [-0.1, -0.05) is 30.3 Å². The van der Waals surface area contributed by atoms with Gasteiger partial charge in [0.1, 0.15) is 0 Å². The number of hydrogen-bond acceptors (Lipinski definition) is 2. The van der Waals surface area contributed by atoms with Crippen molar-refractivity contribution in [3.05, 3.63) is 57.3 Å². The Morgan fingerprint density at radius 3 is 2.68 bits per heavy atom. The quantitative estimate of drug-likeness (QED) is 0.905. The van der Waals surface area contributed by atoms with Crippen molar-refractivity contribution in [2.24, 2.45) is 0 Å². The van der Waals surface area contributed by atoms with Crippen molar-refractivity contribution in [3.63, 3.8) is 0 Å². The molecule has 1 aromatic heterocycles. The normalized spacial score (nSPS) is 18.5. The first-order valence-electron chi connectivity index (χ1n) is 8.21. The van der Waals surface area contributed by atoms with E-state index >= 15 is 0 Å². The summed E-state index contributed by atoms with van der Waals surface area (Å²) in [5.41, 5.74) is 3.80. The molecule has 3 heteroatoms. The summed E-state index contributed by atoms with van der Waals surface area (Å²) in [5, 5.41) is 5.27. The molecule has 2 aliphatic carbocycles. The fourth-order valence-electron chi connectivity index (χ4n) is 3.54. The molecule has 1 saturated carbocycles. The summed E-state index contributed by atoms with van der Waals surface area (Å²) in [7, 11) is 0. The van der Waals surface area contributed by atoms with Crippen LogP contribution in [0.15, 0.2) is 35.7 Å². The summed E-state index contributed by atoms with van der Waals surface area (Å²) < 4.78 is 0. The summed E-state index contributed by atoms with van der Waals surface area (Å²) in [5.74, 6) is 0.126. The van der Waals surface area contributed by atoms with Gasteiger partial charge in [0.2, 0.25) is 0 Å². The van der Waals surface area contributed by atoms with Gasteiger partial charge in [-0.05, 0) is 49.7 Å². The predicted octanol–water partition coefficient (Wildman–Crippen LogP) is 4.09. The number of hydrogen-bond donors (Lipinski definition) is 1. The Balaban J connectivity index is 1.46. The molecule has 0 unspecified atom stereocenters. The number of thiophene rings is 1. The molecule has 1 amide bonds. The third kappa shape index (κ3) is 2.48. The van der Waals surface area contributed by atoms with E-state index in [1.807, 2.05) is 0 Å². The highest BCUT2D eigenvalue weighted by Crippen LogP contribution is 2.47. The van der Waals surface area contributed by atoms with Gasteiger partial charge in [0.05, 0.1) is 5.56 Å². The Labute approximate surface area is 135 Å². The minimum absolute atomic E-state index is 0.126. The molecule has 0 saturated heterocycles. The molecule has 0 atom stereocenters. The fraction of sp³-hybridized carbons (Fsp3) is 0.421. The molecule has 0 radical (unpaired) electrons. The molecule has 1 N–H and O–H groups in total. The minimum Gasteiger partial charge on any atom is -0.351 e. The van der Waals surface area contributed by atoms with Crippen LogP contribution in [-0.4, -0.2) is 12.5 Å². The zero-order valence-corrected chi connectivity index (χ0v) is 13.5. The van der Waals surface area contributed by atoms with Crippen LogP contribution in [0, 0.1) is 0 Å². The van der Waals surface area contributed by atoms with Gasteiger partial charge in [-0.2, -0.15) is 0 Å². The first-order chi connectivity index (χ1) is 10.8. The maximum absolute atomic E-state index is 12.6. The van der Waals surface area contributed by atoms with Gasteiger partial charge in [-0.15, -0.1) is 11.3 Å². The summed E-state index contributed by atoms with van der Waals surface area (Å²) >= 11 is 1.76. The largest absolute Gasteiger partial charge is 0.351 e. The second-order valence-corrected chi connectivity index (χ2v) is 7.55. The molecular formula is C19H21NOS. The molecule has 1 aromatic carbocycles. The van der Waals surface area contributed by atoms with Gasteiger partial charge in [0, 0.05) is 22.2 Å². The van der Waals surface area contributed by atoms with Gasteiger partial charge < -0.3 is 5.32 Å². The second kappa shape index (κ2) is 5.54. The third-order valence-electron chi connectivity index (χ3n) is 5.13. The highest BCUT2D eigenvalue weighted by Gasteiger charge is 2.44. The van der Waals surface area contributed by atoms with Crippen molar-refractivity contribution in [2.45, 2.75) is 43.9 Å². The van der Waals surface area contributed by atoms with Crippen molar-refractivity contribution < 1.29 is 4.79 Å². The summed E-state index contributed by atoms with van der Waals surface area (Å²) in [6, 6.07) is 10.6. The van der Waals surface area contributed by atoms with E-state index < -0.39 is 0 Å². The molecule has 0 aliphatic heterocycles. The molecule has 1 fully saturated rings. The maximum Gasteiger partial charge on any atom is 0.252 e. The lowest BCUT2D eigenvalue weighted by Crippen LogP contribution is -2.32. The maximum atomic E-state index is 12.6. The second-order valence-electron chi connectivity index (χ2n) is 6.59. The Morgan fingerprint density at radius 2 is 1.91 bits per heavy atom. The molecule has 2 nitrogen and oxygen atoms in total. The lowest BCUT2D eigenvalue weighted by molar-refractivity contribution is 0.0949. The molecule has 114 valence electrons. The van der Waals surface area contributed by atoms with Crippen LogP contribution in [0.4, 0.5) is 0 Å². The highest BCUT2D eigenvalue weighted by molar-refractivity contribution is 7.10. The zero-order chi connectivity index (χ0) is 15.0. The molecule has 0 bridgehead atoms. The number of amides is 1. The molecule has 4 rings (SSSR count). The summed E-state index contributed by atoms with van der Waals surface area (Å²) in [6.45, 7) is 0.764. The van der Waals surface area contributed by atoms with Crippen LogP contribution in [0.5, 0.6) is 0 Å². The average molecular weight is 311 g/mol. The van der Waals surface area contributed by atoms with Crippen molar-refractivity contribution >= 4 is 17.2 Å². The van der Waals surface area contributed by atoms with Crippen LogP contribution in [0.2, 0.25) is 0 Å². The van der Waals surface area contributed by atoms with Crippen molar-refractivity contribution in [1.82, 2.24) is 5.32 Å². The molecule has 0 spiro atoms. The van der Waals surface area contributed by atoms with E-state index in [0.717, 1.165) is 24.9 Å². The third-order valence-corrected chi connectivity index (χ3v) is 6.22. The number of carbonyl (C=O) groups excluding carboxylic acids is 1. The number of aryl methyl sites for hydroxylation is 1. The Hall–Kier alpha value is -1.61. The lowest BCUT2D eigenvalue weighted by atomic mass is 9.94. The number of benzene rings is 1. The van der Waals surface area contributed by atoms with Crippen LogP contribution in [-0.2, 0) is 18.3 Å². The monoisotopic (exact) mass is 311 g/mol. The van der Waals surface area contributed by atoms with Crippen LogP contribution in [0.25, 0.3) is 0 Å². The lowest BCUT2D eigenvalue weighted by Gasteiger charge is -2.17. The zero-order valence-electron chi connectivity index (χ0n) is 12.7. The van der Waals surface area contributed by atoms with E-state index in [9.17, 15) is 4.79 Å². The van der Waals surface area contributed by atoms with E-state index in [0.29, 0.717) is 0 Å². The number of nitrogens with one attached hydrogen (secondary N) is 1. The van der Waals surface area contributed by atoms with E-state index in [-0.39, 0.29) is 11.3 Å². The molecule has 2 aliphatic rings. The highest BCUT2D eigenvalue weighted by atomic mass is 32.1. The van der Waals surface area contributed by atoms with E-state index in [1.54, 1.807) is 11.3 Å². The number of carbonyl (C=O) groups is 1. The van der Waals surface area contributed by atoms with Gasteiger partial charge in [-0.3, -0.25) is 4.79 Å². The standard InChI is InChI=1S/C19H21NOS/c21-18(16-12-22-17-9-5-4-8-15(16)17)20-13-19(10-11-19)14-6-2-1-3-7-14/h1-3,6-7,12H,4-5,8-11,13H2,(H,20,21). The Morgan fingerprint density at radius 1 is 1.14 bits per heavy atom. The number of rotatable bonds is 4. The van der Waals surface area contributed by atoms with E-state index in [4.69, 9.17) is 0 Å². The summed E-state index contributed by atoms with van der Waals surface area (Å²) in [4.78, 5) is 14.0. The SMILES string of the molecule is O=C(NCC1(c2ccccc2)CC1)c1csc2c1CCCC2. The van der Waals surface area contributed by atoms with Crippen LogP contribution in [0.1, 0.15) is 52.0 Å². The van der Waals surface area contributed by atoms with E-state index in [1.165, 1.54) is 41.7 Å². The van der Waals surface area contributed by atoms with Crippen molar-refractivity contribution in [1.29, 1.82) is 0 Å². The van der Waals surface area contributed by atoms with Gasteiger partial charge in [0.25, 0.3) is 5.91 Å². The van der Waals surface area contributed by atoms with Crippen molar-refractivity contribution in [3.8, 4) is 0 Å². The molecule has 1 heterocycles. The molecular weight excluding hydrogens is 290 g/mol. The first kappa shape index (κ1) is 14.0.